The van der Waals surface area contributed by atoms with Gasteiger partial charge in [0.15, 0.2) is 5.78 Å². The fourth-order valence-corrected chi connectivity index (χ4v) is 1.57. The molecule has 82 valence electrons. The fourth-order valence-electron chi connectivity index (χ4n) is 1.57. The van der Waals surface area contributed by atoms with Crippen LogP contribution < -0.4 is 0 Å². The first-order valence-electron chi connectivity index (χ1n) is 5.56. The van der Waals surface area contributed by atoms with E-state index in [1.165, 1.54) is 0 Å². The highest BCUT2D eigenvalue weighted by atomic mass is 16.1. The highest BCUT2D eigenvalue weighted by Crippen LogP contribution is 2.11. The molecule has 2 heteroatoms. The van der Waals surface area contributed by atoms with Crippen molar-refractivity contribution >= 4 is 5.78 Å². The number of rotatable bonds is 5. The van der Waals surface area contributed by atoms with Gasteiger partial charge in [0.2, 0.25) is 0 Å². The number of aromatic nitrogens is 1. The minimum absolute atomic E-state index is 0.175. The molecule has 1 rings (SSSR count). The molecule has 1 aromatic rings. The molecule has 0 saturated heterocycles. The molecule has 1 aromatic heterocycles. The number of ketones is 1. The Morgan fingerprint density at radius 3 is 2.80 bits per heavy atom. The molecule has 0 fully saturated rings. The van der Waals surface area contributed by atoms with Crippen LogP contribution in [0.25, 0.3) is 0 Å². The SMILES string of the molecule is Cc1cccnc1C(=O)CCCC(C)C. The summed E-state index contributed by atoms with van der Waals surface area (Å²) in [6.45, 7) is 6.29. The average Bonchev–Trinajstić information content (AvgIpc) is 2.17. The van der Waals surface area contributed by atoms with Crippen LogP contribution in [0.1, 0.15) is 49.2 Å². The van der Waals surface area contributed by atoms with Crippen molar-refractivity contribution in [3.8, 4) is 0 Å². The van der Waals surface area contributed by atoms with E-state index in [1.807, 2.05) is 19.1 Å². The Hall–Kier alpha value is -1.18. The van der Waals surface area contributed by atoms with Crippen LogP contribution >= 0.6 is 0 Å². The van der Waals surface area contributed by atoms with Crippen molar-refractivity contribution in [2.75, 3.05) is 0 Å². The normalized spacial score (nSPS) is 10.7. The largest absolute Gasteiger partial charge is 0.292 e. The summed E-state index contributed by atoms with van der Waals surface area (Å²) in [7, 11) is 0. The van der Waals surface area contributed by atoms with E-state index in [4.69, 9.17) is 0 Å². The van der Waals surface area contributed by atoms with Crippen molar-refractivity contribution in [2.24, 2.45) is 5.92 Å². The molecule has 0 bridgehead atoms. The van der Waals surface area contributed by atoms with Gasteiger partial charge in [-0.3, -0.25) is 9.78 Å². The first-order valence-corrected chi connectivity index (χ1v) is 5.56. The number of carbonyl (C=O) groups excluding carboxylic acids is 1. The predicted octanol–water partition coefficient (Wildman–Crippen LogP) is 3.40. The minimum atomic E-state index is 0.175. The van der Waals surface area contributed by atoms with Gasteiger partial charge in [-0.1, -0.05) is 26.3 Å². The van der Waals surface area contributed by atoms with Gasteiger partial charge in [0, 0.05) is 12.6 Å². The maximum atomic E-state index is 11.8. The fraction of sp³-hybridized carbons (Fsp3) is 0.538. The molecule has 2 nitrogen and oxygen atoms in total. The summed E-state index contributed by atoms with van der Waals surface area (Å²) >= 11 is 0. The van der Waals surface area contributed by atoms with Crippen LogP contribution in [0.4, 0.5) is 0 Å². The molecule has 0 saturated carbocycles. The van der Waals surface area contributed by atoms with Gasteiger partial charge in [0.25, 0.3) is 0 Å². The van der Waals surface area contributed by atoms with E-state index in [2.05, 4.69) is 18.8 Å². The zero-order valence-corrected chi connectivity index (χ0v) is 9.79. The predicted molar refractivity (Wildman–Crippen MR) is 62.0 cm³/mol. The van der Waals surface area contributed by atoms with Crippen molar-refractivity contribution in [3.05, 3.63) is 29.6 Å². The van der Waals surface area contributed by atoms with E-state index in [-0.39, 0.29) is 5.78 Å². The lowest BCUT2D eigenvalue weighted by atomic mass is 10.0. The van der Waals surface area contributed by atoms with E-state index >= 15 is 0 Å². The summed E-state index contributed by atoms with van der Waals surface area (Å²) in [4.78, 5) is 15.9. The van der Waals surface area contributed by atoms with Crippen molar-refractivity contribution < 1.29 is 4.79 Å². The van der Waals surface area contributed by atoms with Crippen LogP contribution in [0.15, 0.2) is 18.3 Å². The Balaban J connectivity index is 2.51. The average molecular weight is 205 g/mol. The third-order valence-corrected chi connectivity index (χ3v) is 2.46. The molecule has 0 unspecified atom stereocenters. The molecule has 0 atom stereocenters. The summed E-state index contributed by atoms with van der Waals surface area (Å²) < 4.78 is 0. The molecule has 0 aliphatic carbocycles. The van der Waals surface area contributed by atoms with Crippen molar-refractivity contribution in [1.82, 2.24) is 4.98 Å². The van der Waals surface area contributed by atoms with Crippen molar-refractivity contribution in [1.29, 1.82) is 0 Å². The van der Waals surface area contributed by atoms with Gasteiger partial charge in [-0.05, 0) is 30.9 Å². The number of carbonyl (C=O) groups is 1. The highest BCUT2D eigenvalue weighted by molar-refractivity contribution is 5.95. The zero-order chi connectivity index (χ0) is 11.3. The van der Waals surface area contributed by atoms with E-state index in [0.717, 1.165) is 18.4 Å². The van der Waals surface area contributed by atoms with Crippen LogP contribution in [-0.4, -0.2) is 10.8 Å². The maximum absolute atomic E-state index is 11.8. The maximum Gasteiger partial charge on any atom is 0.181 e. The van der Waals surface area contributed by atoms with Crippen LogP contribution in [0.3, 0.4) is 0 Å². The molecule has 0 N–H and O–H groups in total. The molecule has 0 spiro atoms. The summed E-state index contributed by atoms with van der Waals surface area (Å²) in [5.41, 5.74) is 1.62. The first kappa shape index (κ1) is 11.9. The molecule has 0 aromatic carbocycles. The van der Waals surface area contributed by atoms with E-state index in [9.17, 15) is 4.79 Å². The summed E-state index contributed by atoms with van der Waals surface area (Å²) in [6.07, 6.45) is 4.38. The van der Waals surface area contributed by atoms with E-state index in [1.54, 1.807) is 6.20 Å². The van der Waals surface area contributed by atoms with Gasteiger partial charge in [0.05, 0.1) is 0 Å². The lowest BCUT2D eigenvalue weighted by Gasteiger charge is -2.05. The van der Waals surface area contributed by atoms with Gasteiger partial charge < -0.3 is 0 Å². The molecule has 0 amide bonds. The Morgan fingerprint density at radius 1 is 1.47 bits per heavy atom. The zero-order valence-electron chi connectivity index (χ0n) is 9.79. The Bertz CT molecular complexity index is 331. The highest BCUT2D eigenvalue weighted by Gasteiger charge is 2.09. The second-order valence-corrected chi connectivity index (χ2v) is 4.38. The van der Waals surface area contributed by atoms with E-state index in [0.29, 0.717) is 18.0 Å². The third kappa shape index (κ3) is 3.82. The number of Topliss-reactive ketones (excluding diaryl/α,β-unsaturated/α-hetero) is 1. The first-order chi connectivity index (χ1) is 7.11. The standard InChI is InChI=1S/C13H19NO/c1-10(2)6-4-8-12(15)13-11(3)7-5-9-14-13/h5,7,9-10H,4,6,8H2,1-3H3. The molecule has 0 aliphatic heterocycles. The number of hydrogen-bond donors (Lipinski definition) is 0. The lowest BCUT2D eigenvalue weighted by Crippen LogP contribution is -2.04. The number of hydrogen-bond acceptors (Lipinski definition) is 2. The van der Waals surface area contributed by atoms with Crippen LogP contribution in [0, 0.1) is 12.8 Å². The monoisotopic (exact) mass is 205 g/mol. The lowest BCUT2D eigenvalue weighted by molar-refractivity contribution is 0.0973. The number of pyridine rings is 1. The number of aryl methyl sites for hydroxylation is 1. The molecule has 0 radical (unpaired) electrons. The summed E-state index contributed by atoms with van der Waals surface area (Å²) in [5.74, 6) is 0.844. The molecule has 0 aliphatic rings. The number of nitrogens with zero attached hydrogens (tertiary/aromatic N) is 1. The molecular formula is C13H19NO. The van der Waals surface area contributed by atoms with Gasteiger partial charge in [-0.25, -0.2) is 0 Å². The van der Waals surface area contributed by atoms with Crippen LogP contribution in [0.5, 0.6) is 0 Å². The van der Waals surface area contributed by atoms with Gasteiger partial charge in [-0.15, -0.1) is 0 Å². The van der Waals surface area contributed by atoms with Gasteiger partial charge >= 0.3 is 0 Å². The van der Waals surface area contributed by atoms with Gasteiger partial charge in [0.1, 0.15) is 5.69 Å². The quantitative estimate of drug-likeness (QED) is 0.689. The van der Waals surface area contributed by atoms with Crippen molar-refractivity contribution in [2.45, 2.75) is 40.0 Å². The summed E-state index contributed by atoms with van der Waals surface area (Å²) in [5, 5.41) is 0. The second-order valence-electron chi connectivity index (χ2n) is 4.38. The summed E-state index contributed by atoms with van der Waals surface area (Å²) in [6, 6.07) is 3.79. The molecule has 15 heavy (non-hydrogen) atoms. The van der Waals surface area contributed by atoms with E-state index < -0.39 is 0 Å². The topological polar surface area (TPSA) is 30.0 Å². The van der Waals surface area contributed by atoms with Crippen LogP contribution in [-0.2, 0) is 0 Å². The van der Waals surface area contributed by atoms with Gasteiger partial charge in [-0.2, -0.15) is 0 Å². The molecule has 1 heterocycles. The second kappa shape index (κ2) is 5.64. The Kier molecular flexibility index (Phi) is 4.47. The third-order valence-electron chi connectivity index (χ3n) is 2.46. The smallest absolute Gasteiger partial charge is 0.181 e. The Morgan fingerprint density at radius 2 is 2.20 bits per heavy atom. The van der Waals surface area contributed by atoms with Crippen LogP contribution in [0.2, 0.25) is 0 Å². The minimum Gasteiger partial charge on any atom is -0.292 e. The van der Waals surface area contributed by atoms with Crippen molar-refractivity contribution in [3.63, 3.8) is 0 Å². The molecular weight excluding hydrogens is 186 g/mol. The Labute approximate surface area is 91.7 Å².